The number of nitrogens with zero attached hydrogens (tertiary/aromatic N) is 3. The summed E-state index contributed by atoms with van der Waals surface area (Å²) >= 11 is 0. The van der Waals surface area contributed by atoms with Crippen molar-refractivity contribution >= 4 is 29.5 Å². The quantitative estimate of drug-likeness (QED) is 0.334. The number of ether oxygens (including phenoxy) is 2. The maximum atomic E-state index is 13.1. The Kier molecular flexibility index (Phi) is 13.6. The molecule has 1 N–H and O–H groups in total. The van der Waals surface area contributed by atoms with E-state index in [2.05, 4.69) is 17.4 Å². The number of halogens is 3. The van der Waals surface area contributed by atoms with Gasteiger partial charge in [0, 0.05) is 50.6 Å². The molecular formula is C36H51F3N4O5. The first-order chi connectivity index (χ1) is 22.4. The second-order valence-corrected chi connectivity index (χ2v) is 14.4. The molecular weight excluding hydrogens is 625 g/mol. The van der Waals surface area contributed by atoms with Crippen molar-refractivity contribution in [2.24, 2.45) is 11.8 Å². The van der Waals surface area contributed by atoms with Gasteiger partial charge in [-0.3, -0.25) is 4.79 Å². The van der Waals surface area contributed by atoms with Crippen molar-refractivity contribution in [3.63, 3.8) is 0 Å². The van der Waals surface area contributed by atoms with Gasteiger partial charge in [0.15, 0.2) is 0 Å². The van der Waals surface area contributed by atoms with E-state index in [9.17, 15) is 27.6 Å². The number of hydrogen-bond acceptors (Lipinski definition) is 6. The van der Waals surface area contributed by atoms with E-state index in [-0.39, 0.29) is 30.8 Å². The Morgan fingerprint density at radius 1 is 0.750 bits per heavy atom. The van der Waals surface area contributed by atoms with Gasteiger partial charge in [-0.1, -0.05) is 36.4 Å². The zero-order chi connectivity index (χ0) is 35.5. The fourth-order valence-corrected chi connectivity index (χ4v) is 5.57. The molecule has 2 heterocycles. The van der Waals surface area contributed by atoms with Crippen LogP contribution in [0.2, 0.25) is 0 Å². The number of benzene rings is 2. The molecule has 0 bridgehead atoms. The number of hydrogen-bond donors (Lipinski definition) is 1. The summed E-state index contributed by atoms with van der Waals surface area (Å²) in [6.45, 7) is 14.1. The number of carbonyl (C=O) groups is 3. The highest BCUT2D eigenvalue weighted by Crippen LogP contribution is 2.28. The Labute approximate surface area is 282 Å². The summed E-state index contributed by atoms with van der Waals surface area (Å²) in [7, 11) is 0. The molecule has 3 amide bonds. The number of rotatable bonds is 6. The summed E-state index contributed by atoms with van der Waals surface area (Å²) in [6, 6.07) is 18.0. The molecule has 0 spiro atoms. The monoisotopic (exact) mass is 676 g/mol. The molecule has 9 nitrogen and oxygen atoms in total. The predicted molar refractivity (Wildman–Crippen MR) is 181 cm³/mol. The van der Waals surface area contributed by atoms with Gasteiger partial charge in [0.25, 0.3) is 0 Å². The highest BCUT2D eigenvalue weighted by Gasteiger charge is 2.44. The standard InChI is InChI=1S/C19H25F3N2O3.C17H26N2O2/c1-18(2,3)27-17(26)23-11-7-8-14(12-23)13-24(16(25)19(20,21)22)15-9-5-4-6-10-15;1-17(2,3)21-16(20)19-11-7-8-14(13-19)12-18-15-9-5-4-6-10-15/h4-6,9-10,14H,7-8,11-13H2,1-3H3;4-6,9-10,14,18H,7-8,11-13H2,1-3H3/t2*14-/m10/s1. The third-order valence-electron chi connectivity index (χ3n) is 7.71. The highest BCUT2D eigenvalue weighted by molar-refractivity contribution is 5.97. The van der Waals surface area contributed by atoms with Crippen LogP contribution in [0.3, 0.4) is 0 Å². The minimum atomic E-state index is -4.96. The zero-order valence-corrected chi connectivity index (χ0v) is 29.0. The minimum Gasteiger partial charge on any atom is -0.444 e. The lowest BCUT2D eigenvalue weighted by Gasteiger charge is -2.36. The van der Waals surface area contributed by atoms with Crippen molar-refractivity contribution in [3.05, 3.63) is 60.7 Å². The van der Waals surface area contributed by atoms with E-state index in [1.165, 1.54) is 17.0 Å². The molecule has 48 heavy (non-hydrogen) atoms. The van der Waals surface area contributed by atoms with Gasteiger partial charge in [0.2, 0.25) is 0 Å². The zero-order valence-electron chi connectivity index (χ0n) is 29.0. The summed E-state index contributed by atoms with van der Waals surface area (Å²) in [4.78, 5) is 40.4. The first kappa shape index (κ1) is 38.5. The molecule has 2 fully saturated rings. The van der Waals surface area contributed by atoms with Gasteiger partial charge in [-0.25, -0.2) is 9.59 Å². The number of anilines is 2. The van der Waals surface area contributed by atoms with E-state index in [1.54, 1.807) is 39.0 Å². The number of alkyl halides is 3. The summed E-state index contributed by atoms with van der Waals surface area (Å²) in [5, 5.41) is 3.44. The number of nitrogens with one attached hydrogen (secondary N) is 1. The third kappa shape index (κ3) is 13.3. The number of para-hydroxylation sites is 2. The van der Waals surface area contributed by atoms with E-state index in [0.717, 1.165) is 43.1 Å². The lowest BCUT2D eigenvalue weighted by Crippen LogP contribution is -2.49. The number of piperidine rings is 2. The smallest absolute Gasteiger partial charge is 0.444 e. The van der Waals surface area contributed by atoms with Gasteiger partial charge < -0.3 is 29.5 Å². The second-order valence-electron chi connectivity index (χ2n) is 14.4. The maximum Gasteiger partial charge on any atom is 0.471 e. The Hall–Kier alpha value is -3.96. The largest absolute Gasteiger partial charge is 0.471 e. The minimum absolute atomic E-state index is 0.109. The van der Waals surface area contributed by atoms with Gasteiger partial charge in [-0.2, -0.15) is 13.2 Å². The molecule has 0 saturated carbocycles. The first-order valence-electron chi connectivity index (χ1n) is 16.6. The van der Waals surface area contributed by atoms with Crippen molar-refractivity contribution in [3.8, 4) is 0 Å². The maximum absolute atomic E-state index is 13.1. The number of carbonyl (C=O) groups excluding carboxylic acids is 3. The molecule has 0 aromatic heterocycles. The first-order valence-corrected chi connectivity index (χ1v) is 16.6. The molecule has 0 aliphatic carbocycles. The molecule has 12 heteroatoms. The lowest BCUT2D eigenvalue weighted by atomic mass is 9.97. The summed E-state index contributed by atoms with van der Waals surface area (Å²) in [6.07, 6.45) is -2.16. The molecule has 0 radical (unpaired) electrons. The van der Waals surface area contributed by atoms with E-state index in [4.69, 9.17) is 9.47 Å². The second kappa shape index (κ2) is 16.9. The fourth-order valence-electron chi connectivity index (χ4n) is 5.57. The topological polar surface area (TPSA) is 91.4 Å². The van der Waals surface area contributed by atoms with Crippen molar-refractivity contribution in [2.45, 2.75) is 84.6 Å². The van der Waals surface area contributed by atoms with E-state index in [1.807, 2.05) is 43.9 Å². The van der Waals surface area contributed by atoms with Crippen molar-refractivity contribution in [2.75, 3.05) is 49.5 Å². The third-order valence-corrected chi connectivity index (χ3v) is 7.71. The molecule has 2 aromatic carbocycles. The Morgan fingerprint density at radius 2 is 1.21 bits per heavy atom. The van der Waals surface area contributed by atoms with Crippen LogP contribution in [0, 0.1) is 11.8 Å². The summed E-state index contributed by atoms with van der Waals surface area (Å²) < 4.78 is 50.0. The molecule has 4 rings (SSSR count). The number of amides is 3. The van der Waals surface area contributed by atoms with Crippen LogP contribution >= 0.6 is 0 Å². The van der Waals surface area contributed by atoms with Crippen LogP contribution in [0.5, 0.6) is 0 Å². The van der Waals surface area contributed by atoms with Crippen LogP contribution in [0.15, 0.2) is 60.7 Å². The van der Waals surface area contributed by atoms with Crippen LogP contribution in [0.4, 0.5) is 34.1 Å². The average Bonchev–Trinajstić information content (AvgIpc) is 3.02. The normalized spacial score (nSPS) is 18.6. The molecule has 2 saturated heterocycles. The van der Waals surface area contributed by atoms with Gasteiger partial charge >= 0.3 is 24.3 Å². The molecule has 2 aliphatic rings. The molecule has 266 valence electrons. The van der Waals surface area contributed by atoms with E-state index >= 15 is 0 Å². The van der Waals surface area contributed by atoms with E-state index < -0.39 is 29.4 Å². The van der Waals surface area contributed by atoms with Crippen LogP contribution in [0.25, 0.3) is 0 Å². The lowest BCUT2D eigenvalue weighted by molar-refractivity contribution is -0.170. The SMILES string of the molecule is CC(C)(C)OC(=O)N1CCC[C@@H](CN(C(=O)C(F)(F)F)c2ccccc2)C1.CC(C)(C)OC(=O)N1CCC[C@@H](CNc2ccccc2)C1. The summed E-state index contributed by atoms with van der Waals surface area (Å²) in [5.41, 5.74) is 0.250. The molecule has 0 unspecified atom stereocenters. The van der Waals surface area contributed by atoms with Crippen molar-refractivity contribution < 1.29 is 37.0 Å². The summed E-state index contributed by atoms with van der Waals surface area (Å²) in [5.74, 6) is -1.69. The Morgan fingerprint density at radius 3 is 1.69 bits per heavy atom. The average molecular weight is 677 g/mol. The van der Waals surface area contributed by atoms with Crippen LogP contribution in [-0.2, 0) is 14.3 Å². The van der Waals surface area contributed by atoms with Crippen LogP contribution in [-0.4, -0.2) is 84.5 Å². The van der Waals surface area contributed by atoms with Crippen LogP contribution in [0.1, 0.15) is 67.2 Å². The molecule has 2 atom stereocenters. The molecule has 2 aliphatic heterocycles. The Bertz CT molecular complexity index is 1310. The van der Waals surface area contributed by atoms with Crippen molar-refractivity contribution in [1.82, 2.24) is 9.80 Å². The van der Waals surface area contributed by atoms with Gasteiger partial charge in [0.05, 0.1) is 0 Å². The fraction of sp³-hybridized carbons (Fsp3) is 0.583. The van der Waals surface area contributed by atoms with Gasteiger partial charge in [-0.15, -0.1) is 0 Å². The number of likely N-dealkylation sites (tertiary alicyclic amines) is 2. The van der Waals surface area contributed by atoms with Gasteiger partial charge in [0.1, 0.15) is 11.2 Å². The predicted octanol–water partition coefficient (Wildman–Crippen LogP) is 7.97. The van der Waals surface area contributed by atoms with E-state index in [0.29, 0.717) is 25.3 Å². The highest BCUT2D eigenvalue weighted by atomic mass is 19.4. The van der Waals surface area contributed by atoms with Crippen molar-refractivity contribution in [1.29, 1.82) is 0 Å². The Balaban J connectivity index is 0.000000269. The molecule has 2 aromatic rings. The van der Waals surface area contributed by atoms with Gasteiger partial charge in [-0.05, 0) is 103 Å². The van der Waals surface area contributed by atoms with Crippen LogP contribution < -0.4 is 10.2 Å².